The second-order valence-electron chi connectivity index (χ2n) is 6.64. The van der Waals surface area contributed by atoms with Crippen LogP contribution in [0.4, 0.5) is 0 Å². The number of hydrogen-bond donors (Lipinski definition) is 0. The highest BCUT2D eigenvalue weighted by molar-refractivity contribution is 7.48. The summed E-state index contributed by atoms with van der Waals surface area (Å²) in [6.45, 7) is 2.73. The molecule has 1 aliphatic heterocycles. The van der Waals surface area contributed by atoms with Crippen LogP contribution in [0.25, 0.3) is 0 Å². The number of carbonyl (C=O) groups excluding carboxylic acids is 3. The van der Waals surface area contributed by atoms with Gasteiger partial charge in [0.15, 0.2) is 5.78 Å². The number of aromatic nitrogens is 1. The van der Waals surface area contributed by atoms with Gasteiger partial charge >= 0.3 is 19.8 Å². The largest absolute Gasteiger partial charge is 0.478 e. The van der Waals surface area contributed by atoms with Gasteiger partial charge in [0.05, 0.1) is 25.4 Å². The van der Waals surface area contributed by atoms with E-state index in [-0.39, 0.29) is 36.5 Å². The van der Waals surface area contributed by atoms with Gasteiger partial charge in [0.25, 0.3) is 0 Å². The van der Waals surface area contributed by atoms with E-state index in [0.717, 1.165) is 11.3 Å². The third kappa shape index (κ3) is 6.18. The molecule has 28 heavy (non-hydrogen) atoms. The molecule has 0 bridgehead atoms. The average molecular weight is 435 g/mol. The van der Waals surface area contributed by atoms with E-state index >= 15 is 0 Å². The molecular formula is C16H22NO9PS. The van der Waals surface area contributed by atoms with E-state index < -0.39 is 38.1 Å². The molecule has 2 heterocycles. The molecule has 2 rings (SSSR count). The fourth-order valence-corrected chi connectivity index (χ4v) is 4.40. The second kappa shape index (κ2) is 9.71. The number of thiazole rings is 1. The number of ether oxygens (including phenoxy) is 2. The first-order chi connectivity index (χ1) is 13.2. The average Bonchev–Trinajstić information content (AvgIpc) is 3.18. The summed E-state index contributed by atoms with van der Waals surface area (Å²) >= 11 is 1.08. The van der Waals surface area contributed by atoms with Crippen molar-refractivity contribution in [3.63, 3.8) is 0 Å². The molecule has 1 aromatic rings. The molecular weight excluding hydrogens is 413 g/mol. The number of phosphoric ester groups is 1. The van der Waals surface area contributed by atoms with Crippen molar-refractivity contribution >= 4 is 36.9 Å². The zero-order valence-electron chi connectivity index (χ0n) is 15.7. The van der Waals surface area contributed by atoms with E-state index in [0.29, 0.717) is 0 Å². The molecule has 0 saturated carbocycles. The smallest absolute Gasteiger partial charge is 0.469 e. The van der Waals surface area contributed by atoms with Gasteiger partial charge in [-0.1, -0.05) is 13.8 Å². The molecule has 0 radical (unpaired) electrons. The van der Waals surface area contributed by atoms with E-state index in [1.807, 2.05) is 0 Å². The van der Waals surface area contributed by atoms with Gasteiger partial charge in [0.1, 0.15) is 11.0 Å². The van der Waals surface area contributed by atoms with Crippen LogP contribution in [0, 0.1) is 5.41 Å². The molecule has 0 amide bonds. The number of phosphoric acid groups is 1. The lowest BCUT2D eigenvalue weighted by Crippen LogP contribution is -2.44. The lowest BCUT2D eigenvalue weighted by molar-refractivity contribution is -0.142. The molecule has 156 valence electrons. The Hall–Kier alpha value is -1.65. The Balaban J connectivity index is 1.89. The zero-order valence-corrected chi connectivity index (χ0v) is 17.5. The zero-order chi connectivity index (χ0) is 20.8. The van der Waals surface area contributed by atoms with Gasteiger partial charge in [0.2, 0.25) is 6.79 Å². The Morgan fingerprint density at radius 3 is 2.75 bits per heavy atom. The third-order valence-electron chi connectivity index (χ3n) is 3.90. The summed E-state index contributed by atoms with van der Waals surface area (Å²) in [4.78, 5) is 39.4. The van der Waals surface area contributed by atoms with Gasteiger partial charge in [0, 0.05) is 18.3 Å². The highest BCUT2D eigenvalue weighted by Gasteiger charge is 2.48. The first-order valence-corrected chi connectivity index (χ1v) is 10.7. The van der Waals surface area contributed by atoms with Crippen LogP contribution in [-0.2, 0) is 37.2 Å². The topological polar surface area (TPSA) is 127 Å². The molecule has 0 N–H and O–H groups in total. The highest BCUT2D eigenvalue weighted by atomic mass is 32.1. The molecule has 10 nitrogen and oxygen atoms in total. The molecule has 1 aliphatic rings. The summed E-state index contributed by atoms with van der Waals surface area (Å²) < 4.78 is 37.5. The number of esters is 2. The molecule has 12 heteroatoms. The minimum Gasteiger partial charge on any atom is -0.469 e. The van der Waals surface area contributed by atoms with Crippen LogP contribution in [0.3, 0.4) is 0 Å². The number of hydrogen-bond acceptors (Lipinski definition) is 11. The van der Waals surface area contributed by atoms with Crippen LogP contribution >= 0.6 is 19.2 Å². The van der Waals surface area contributed by atoms with Gasteiger partial charge in [-0.15, -0.1) is 11.3 Å². The van der Waals surface area contributed by atoms with Crippen molar-refractivity contribution in [1.82, 2.24) is 4.98 Å². The van der Waals surface area contributed by atoms with Crippen molar-refractivity contribution in [3.05, 3.63) is 16.6 Å². The fraction of sp³-hybridized carbons (Fsp3) is 0.625. The van der Waals surface area contributed by atoms with Crippen LogP contribution < -0.4 is 0 Å². The molecule has 2 atom stereocenters. The maximum atomic E-state index is 12.6. The molecule has 0 spiro atoms. The van der Waals surface area contributed by atoms with Crippen LogP contribution in [0.15, 0.2) is 11.7 Å². The molecule has 1 aromatic heterocycles. The van der Waals surface area contributed by atoms with Crippen LogP contribution in [-0.4, -0.2) is 49.3 Å². The first kappa shape index (κ1) is 22.6. The van der Waals surface area contributed by atoms with E-state index in [9.17, 15) is 18.9 Å². The number of Topliss-reactive ketones (excluding diaryl/α,β-unsaturated/α-hetero) is 1. The lowest BCUT2D eigenvalue weighted by atomic mass is 9.84. The summed E-state index contributed by atoms with van der Waals surface area (Å²) in [5.74, 6) is -1.44. The predicted molar refractivity (Wildman–Crippen MR) is 96.6 cm³/mol. The Labute approximate surface area is 166 Å². The Morgan fingerprint density at radius 2 is 2.11 bits per heavy atom. The highest BCUT2D eigenvalue weighted by Crippen LogP contribution is 2.57. The number of rotatable bonds is 9. The van der Waals surface area contributed by atoms with Gasteiger partial charge in [-0.25, -0.2) is 13.9 Å². The second-order valence-corrected chi connectivity index (χ2v) is 9.14. The van der Waals surface area contributed by atoms with E-state index in [1.165, 1.54) is 18.8 Å². The Morgan fingerprint density at radius 1 is 1.36 bits per heavy atom. The Kier molecular flexibility index (Phi) is 7.85. The van der Waals surface area contributed by atoms with Gasteiger partial charge < -0.3 is 9.47 Å². The van der Waals surface area contributed by atoms with Gasteiger partial charge in [-0.2, -0.15) is 0 Å². The predicted octanol–water partition coefficient (Wildman–Crippen LogP) is 2.74. The third-order valence-corrected chi connectivity index (χ3v) is 5.99. The van der Waals surface area contributed by atoms with Gasteiger partial charge in [-0.3, -0.25) is 23.6 Å². The summed E-state index contributed by atoms with van der Waals surface area (Å²) in [6.07, 6.45) is 0.688. The summed E-state index contributed by atoms with van der Waals surface area (Å²) in [5.41, 5.74) is 0.713. The number of carbonyl (C=O) groups is 3. The lowest BCUT2D eigenvalue weighted by Gasteiger charge is -2.39. The molecule has 0 aliphatic carbocycles. The van der Waals surface area contributed by atoms with Crippen LogP contribution in [0.1, 0.15) is 42.8 Å². The maximum Gasteiger partial charge on any atom is 0.478 e. The van der Waals surface area contributed by atoms with Gasteiger partial charge in [-0.05, 0) is 6.42 Å². The molecule has 1 saturated heterocycles. The van der Waals surface area contributed by atoms with Crippen LogP contribution in [0.5, 0.6) is 0 Å². The van der Waals surface area contributed by atoms with E-state index in [2.05, 4.69) is 9.72 Å². The molecule has 1 fully saturated rings. The standard InChI is InChI=1S/C16H22NO9PS/c1-16(2)8-24-27(21,25-10-23-15(20)12-7-17-9-28-12)26-14(16)11(18)5-4-6-13(19)22-3/h7,9,14H,4-6,8,10H2,1-3H3/t14-,27?/m0/s1. The molecule has 1 unspecified atom stereocenters. The van der Waals surface area contributed by atoms with Crippen molar-refractivity contribution in [2.24, 2.45) is 5.41 Å². The first-order valence-electron chi connectivity index (χ1n) is 8.39. The Bertz CT molecular complexity index is 749. The normalized spacial score (nSPS) is 23.8. The van der Waals surface area contributed by atoms with Crippen molar-refractivity contribution in [2.75, 3.05) is 20.5 Å². The van der Waals surface area contributed by atoms with Crippen molar-refractivity contribution in [3.8, 4) is 0 Å². The minimum absolute atomic E-state index is 0.0452. The monoisotopic (exact) mass is 435 g/mol. The van der Waals surface area contributed by atoms with E-state index in [1.54, 1.807) is 13.8 Å². The maximum absolute atomic E-state index is 12.6. The van der Waals surface area contributed by atoms with E-state index in [4.69, 9.17) is 18.3 Å². The summed E-state index contributed by atoms with van der Waals surface area (Å²) in [6, 6.07) is 0. The number of methoxy groups -OCH3 is 1. The van der Waals surface area contributed by atoms with Crippen LogP contribution in [0.2, 0.25) is 0 Å². The molecule has 0 aromatic carbocycles. The van der Waals surface area contributed by atoms with Crippen molar-refractivity contribution in [1.29, 1.82) is 0 Å². The fourth-order valence-electron chi connectivity index (χ4n) is 2.36. The van der Waals surface area contributed by atoms with Crippen molar-refractivity contribution < 1.29 is 42.0 Å². The number of nitrogens with zero attached hydrogens (tertiary/aromatic N) is 1. The summed E-state index contributed by atoms with van der Waals surface area (Å²) in [7, 11) is -2.83. The quantitative estimate of drug-likeness (QED) is 0.324. The SMILES string of the molecule is COC(=O)CCCC(=O)[C@@H]1OP(=O)(OCOC(=O)c2cncs2)OCC1(C)C. The minimum atomic E-state index is -4.10. The summed E-state index contributed by atoms with van der Waals surface area (Å²) in [5, 5.41) is 0. The van der Waals surface area contributed by atoms with Crippen molar-refractivity contribution in [2.45, 2.75) is 39.2 Å². The number of ketones is 1.